The van der Waals surface area contributed by atoms with Crippen molar-refractivity contribution in [2.75, 3.05) is 18.2 Å². The molecule has 2 aromatic rings. The first-order valence-corrected chi connectivity index (χ1v) is 6.81. The van der Waals surface area contributed by atoms with Gasteiger partial charge in [-0.3, -0.25) is 0 Å². The molecule has 5 heteroatoms. The molecule has 0 radical (unpaired) electrons. The summed E-state index contributed by atoms with van der Waals surface area (Å²) in [5, 5.41) is 3.55. The van der Waals surface area contributed by atoms with Gasteiger partial charge in [-0.2, -0.15) is 0 Å². The van der Waals surface area contributed by atoms with E-state index >= 15 is 0 Å². The predicted octanol–water partition coefficient (Wildman–Crippen LogP) is 4.07. The third-order valence-electron chi connectivity index (χ3n) is 3.01. The minimum Gasteiger partial charge on any atom is -0.465 e. The maximum Gasteiger partial charge on any atom is 0.340 e. The Kier molecular flexibility index (Phi) is 4.38. The van der Waals surface area contributed by atoms with Crippen LogP contribution < -0.4 is 11.1 Å². The van der Waals surface area contributed by atoms with Gasteiger partial charge in [-0.1, -0.05) is 17.7 Å². The lowest BCUT2D eigenvalue weighted by molar-refractivity contribution is 0.0602. The van der Waals surface area contributed by atoms with Crippen molar-refractivity contribution in [2.45, 2.75) is 13.8 Å². The molecular weight excluding hydrogens is 288 g/mol. The highest BCUT2D eigenvalue weighted by atomic mass is 35.5. The second-order valence-electron chi connectivity index (χ2n) is 4.92. The quantitative estimate of drug-likeness (QED) is 0.663. The number of nitrogens with one attached hydrogen (secondary N) is 1. The number of nitrogens with two attached hydrogens (primary N) is 1. The minimum absolute atomic E-state index is 0.307. The van der Waals surface area contributed by atoms with Gasteiger partial charge in [0.25, 0.3) is 0 Å². The van der Waals surface area contributed by atoms with Gasteiger partial charge in [-0.05, 0) is 49.2 Å². The minimum atomic E-state index is -0.490. The topological polar surface area (TPSA) is 64.3 Å². The number of rotatable bonds is 3. The molecule has 0 aromatic heterocycles. The van der Waals surface area contributed by atoms with Crippen LogP contribution in [0.1, 0.15) is 21.5 Å². The van der Waals surface area contributed by atoms with Gasteiger partial charge >= 0.3 is 5.97 Å². The Hall–Kier alpha value is -2.20. The van der Waals surface area contributed by atoms with E-state index < -0.39 is 5.97 Å². The van der Waals surface area contributed by atoms with Crippen molar-refractivity contribution in [1.82, 2.24) is 0 Å². The first kappa shape index (κ1) is 15.2. The van der Waals surface area contributed by atoms with Gasteiger partial charge in [-0.15, -0.1) is 0 Å². The number of nitrogen functional groups attached to an aromatic ring is 1. The number of hydrogen-bond donors (Lipinski definition) is 2. The van der Waals surface area contributed by atoms with E-state index in [1.54, 1.807) is 12.1 Å². The molecule has 21 heavy (non-hydrogen) atoms. The summed E-state index contributed by atoms with van der Waals surface area (Å²) in [6, 6.07) is 9.15. The molecular formula is C16H17ClN2O2. The van der Waals surface area contributed by atoms with Crippen molar-refractivity contribution >= 4 is 34.6 Å². The average molecular weight is 305 g/mol. The van der Waals surface area contributed by atoms with E-state index in [1.807, 2.05) is 26.0 Å². The number of anilines is 3. The Morgan fingerprint density at radius 2 is 1.76 bits per heavy atom. The lowest BCUT2D eigenvalue weighted by atomic mass is 10.1. The fourth-order valence-electron chi connectivity index (χ4n) is 2.22. The van der Waals surface area contributed by atoms with E-state index in [9.17, 15) is 4.79 Å². The summed E-state index contributed by atoms with van der Waals surface area (Å²) in [4.78, 5) is 11.9. The van der Waals surface area contributed by atoms with Gasteiger partial charge in [-0.25, -0.2) is 4.79 Å². The van der Waals surface area contributed by atoms with Gasteiger partial charge in [0.05, 0.1) is 23.4 Å². The summed E-state index contributed by atoms with van der Waals surface area (Å²) in [6.45, 7) is 4.01. The van der Waals surface area contributed by atoms with E-state index in [0.29, 0.717) is 22.0 Å². The summed E-state index contributed by atoms with van der Waals surface area (Å²) < 4.78 is 4.78. The van der Waals surface area contributed by atoms with E-state index in [0.717, 1.165) is 16.8 Å². The van der Waals surface area contributed by atoms with Crippen LogP contribution in [0.3, 0.4) is 0 Å². The van der Waals surface area contributed by atoms with Crippen LogP contribution in [0.15, 0.2) is 30.3 Å². The maximum atomic E-state index is 11.9. The normalized spacial score (nSPS) is 10.3. The molecule has 0 amide bonds. The number of hydrogen-bond acceptors (Lipinski definition) is 4. The predicted molar refractivity (Wildman–Crippen MR) is 86.4 cm³/mol. The van der Waals surface area contributed by atoms with E-state index in [2.05, 4.69) is 11.4 Å². The molecule has 4 nitrogen and oxygen atoms in total. The van der Waals surface area contributed by atoms with E-state index in [4.69, 9.17) is 22.1 Å². The van der Waals surface area contributed by atoms with Crippen LogP contribution in [-0.4, -0.2) is 13.1 Å². The van der Waals surface area contributed by atoms with Crippen LogP contribution in [0, 0.1) is 13.8 Å². The molecule has 0 aliphatic heterocycles. The summed E-state index contributed by atoms with van der Waals surface area (Å²) in [6.07, 6.45) is 0. The Morgan fingerprint density at radius 3 is 2.33 bits per heavy atom. The monoisotopic (exact) mass is 304 g/mol. The van der Waals surface area contributed by atoms with E-state index in [-0.39, 0.29) is 0 Å². The van der Waals surface area contributed by atoms with Crippen molar-refractivity contribution in [1.29, 1.82) is 0 Å². The molecule has 110 valence electrons. The zero-order valence-corrected chi connectivity index (χ0v) is 12.9. The number of methoxy groups -OCH3 is 1. The number of esters is 1. The molecule has 2 aromatic carbocycles. The van der Waals surface area contributed by atoms with Gasteiger partial charge in [0.15, 0.2) is 0 Å². The third-order valence-corrected chi connectivity index (χ3v) is 3.31. The van der Waals surface area contributed by atoms with Gasteiger partial charge < -0.3 is 15.8 Å². The second kappa shape index (κ2) is 6.06. The smallest absolute Gasteiger partial charge is 0.340 e. The number of halogens is 1. The molecule has 0 bridgehead atoms. The first-order chi connectivity index (χ1) is 9.90. The van der Waals surface area contributed by atoms with Gasteiger partial charge in [0.2, 0.25) is 0 Å². The average Bonchev–Trinajstić information content (AvgIpc) is 2.39. The fourth-order valence-corrected chi connectivity index (χ4v) is 2.49. The summed E-state index contributed by atoms with van der Waals surface area (Å²) in [5.41, 5.74) is 10.0. The molecule has 0 atom stereocenters. The number of carbonyl (C=O) groups excluding carboxylic acids is 1. The lowest BCUT2D eigenvalue weighted by Crippen LogP contribution is -2.07. The molecule has 0 fully saturated rings. The van der Waals surface area contributed by atoms with Crippen molar-refractivity contribution in [2.24, 2.45) is 0 Å². The highest BCUT2D eigenvalue weighted by molar-refractivity contribution is 6.34. The molecule has 0 aliphatic carbocycles. The van der Waals surface area contributed by atoms with Crippen molar-refractivity contribution in [3.8, 4) is 0 Å². The van der Waals surface area contributed by atoms with Crippen LogP contribution in [0.5, 0.6) is 0 Å². The maximum absolute atomic E-state index is 11.9. The Bertz CT molecular complexity index is 679. The number of ether oxygens (including phenoxy) is 1. The highest BCUT2D eigenvalue weighted by Gasteiger charge is 2.16. The van der Waals surface area contributed by atoms with Crippen LogP contribution >= 0.6 is 11.6 Å². The van der Waals surface area contributed by atoms with Crippen molar-refractivity contribution in [3.05, 3.63) is 52.0 Å². The zero-order chi connectivity index (χ0) is 15.6. The molecule has 2 rings (SSSR count). The SMILES string of the molecule is COC(=O)c1cc(N)cc(Cl)c1Nc1cc(C)cc(C)c1. The first-order valence-electron chi connectivity index (χ1n) is 6.43. The Balaban J connectivity index is 2.50. The number of aryl methyl sites for hydroxylation is 2. The molecule has 3 N–H and O–H groups in total. The molecule has 0 aliphatic rings. The standard InChI is InChI=1S/C16H17ClN2O2/c1-9-4-10(2)6-12(5-9)19-15-13(16(20)21-3)7-11(18)8-14(15)17/h4-8,19H,18H2,1-3H3. The zero-order valence-electron chi connectivity index (χ0n) is 12.2. The lowest BCUT2D eigenvalue weighted by Gasteiger charge is -2.14. The Morgan fingerprint density at radius 1 is 1.14 bits per heavy atom. The molecule has 0 unspecified atom stereocenters. The number of benzene rings is 2. The van der Waals surface area contributed by atoms with Gasteiger partial charge in [0, 0.05) is 11.4 Å². The highest BCUT2D eigenvalue weighted by Crippen LogP contribution is 2.32. The molecule has 0 saturated heterocycles. The van der Waals surface area contributed by atoms with Gasteiger partial charge in [0.1, 0.15) is 0 Å². The largest absolute Gasteiger partial charge is 0.465 e. The van der Waals surface area contributed by atoms with Crippen LogP contribution in [0.4, 0.5) is 17.1 Å². The van der Waals surface area contributed by atoms with Crippen LogP contribution in [0.25, 0.3) is 0 Å². The van der Waals surface area contributed by atoms with E-state index in [1.165, 1.54) is 7.11 Å². The van der Waals surface area contributed by atoms with Crippen LogP contribution in [0.2, 0.25) is 5.02 Å². The summed E-state index contributed by atoms with van der Waals surface area (Å²) >= 11 is 6.21. The fraction of sp³-hybridized carbons (Fsp3) is 0.188. The summed E-state index contributed by atoms with van der Waals surface area (Å²) in [5.74, 6) is -0.490. The Labute approximate surface area is 128 Å². The number of carbonyl (C=O) groups is 1. The molecule has 0 heterocycles. The van der Waals surface area contributed by atoms with Crippen molar-refractivity contribution < 1.29 is 9.53 Å². The molecule has 0 saturated carbocycles. The summed E-state index contributed by atoms with van der Waals surface area (Å²) in [7, 11) is 1.32. The van der Waals surface area contributed by atoms with Crippen LogP contribution in [-0.2, 0) is 4.74 Å². The van der Waals surface area contributed by atoms with Crippen molar-refractivity contribution in [3.63, 3.8) is 0 Å². The second-order valence-corrected chi connectivity index (χ2v) is 5.33. The molecule has 0 spiro atoms. The third kappa shape index (κ3) is 3.47.